The van der Waals surface area contributed by atoms with Crippen LogP contribution in [0.4, 0.5) is 5.69 Å². The highest BCUT2D eigenvalue weighted by atomic mass is 32.2. The van der Waals surface area contributed by atoms with E-state index in [1.54, 1.807) is 18.2 Å². The first-order chi connectivity index (χ1) is 6.67. The van der Waals surface area contributed by atoms with Gasteiger partial charge in [0.2, 0.25) is 0 Å². The molecule has 1 unspecified atom stereocenters. The summed E-state index contributed by atoms with van der Waals surface area (Å²) in [7, 11) is 0. The van der Waals surface area contributed by atoms with Gasteiger partial charge in [-0.15, -0.1) is 0 Å². The molecule has 14 heavy (non-hydrogen) atoms. The minimum Gasteiger partial charge on any atom is -0.306 e. The number of hydrogen-bond acceptors (Lipinski definition) is 3. The summed E-state index contributed by atoms with van der Waals surface area (Å²) in [5, 5.41) is 8.68. The molecule has 1 rings (SSSR count). The van der Waals surface area contributed by atoms with Crippen LogP contribution in [0.3, 0.4) is 0 Å². The molecule has 0 heterocycles. The summed E-state index contributed by atoms with van der Waals surface area (Å²) in [4.78, 5) is 3.66. The molecule has 0 aliphatic heterocycles. The van der Waals surface area contributed by atoms with E-state index < -0.39 is 11.1 Å². The first kappa shape index (κ1) is 10.6. The second kappa shape index (κ2) is 4.65. The number of aliphatic imine (C=N–C) groups is 1. The van der Waals surface area contributed by atoms with Crippen molar-refractivity contribution in [1.29, 1.82) is 5.26 Å². The average molecular weight is 208 g/mol. The number of nitriles is 1. The normalized spacial score (nSPS) is 11.7. The van der Waals surface area contributed by atoms with Gasteiger partial charge in [-0.1, -0.05) is 6.07 Å². The quantitative estimate of drug-likeness (QED) is 0.605. The molecule has 0 spiro atoms. The predicted octanol–water partition coefficient (Wildman–Crippen LogP) is 1.61. The van der Waals surface area contributed by atoms with E-state index in [1.807, 2.05) is 6.07 Å². The Morgan fingerprint density at radius 1 is 1.64 bits per heavy atom. The highest BCUT2D eigenvalue weighted by Crippen LogP contribution is 2.20. The Labute approximate surface area is 84.2 Å². The Balaban J connectivity index is 3.09. The van der Waals surface area contributed by atoms with Gasteiger partial charge in [-0.05, 0) is 24.4 Å². The Kier molecular flexibility index (Phi) is 3.51. The van der Waals surface area contributed by atoms with Gasteiger partial charge in [0.05, 0.1) is 17.0 Å². The molecule has 0 fully saturated rings. The highest BCUT2D eigenvalue weighted by Gasteiger charge is 2.03. The van der Waals surface area contributed by atoms with Gasteiger partial charge in [0.15, 0.2) is 11.1 Å². The summed E-state index contributed by atoms with van der Waals surface area (Å²) in [6.07, 6.45) is 0. The molecule has 0 amide bonds. The van der Waals surface area contributed by atoms with Crippen molar-refractivity contribution >= 4 is 23.5 Å². The van der Waals surface area contributed by atoms with Crippen molar-refractivity contribution in [3.63, 3.8) is 0 Å². The van der Waals surface area contributed by atoms with Gasteiger partial charge in [0, 0.05) is 0 Å². The molecular weight excluding hydrogens is 200 g/mol. The maximum atomic E-state index is 10.5. The summed E-state index contributed by atoms with van der Waals surface area (Å²) in [5.41, 5.74) is 1.51. The van der Waals surface area contributed by atoms with Crippen molar-refractivity contribution in [3.8, 4) is 6.07 Å². The average Bonchev–Trinajstić information content (AvgIpc) is 2.16. The minimum absolute atomic E-state index is 0.0359. The summed E-state index contributed by atoms with van der Waals surface area (Å²) >= 11 is -1.88. The highest BCUT2D eigenvalue weighted by molar-refractivity contribution is 7.78. The van der Waals surface area contributed by atoms with Crippen molar-refractivity contribution in [2.24, 2.45) is 4.99 Å². The van der Waals surface area contributed by atoms with Gasteiger partial charge in [-0.2, -0.15) is 5.26 Å². The molecule has 0 aliphatic rings. The van der Waals surface area contributed by atoms with Gasteiger partial charge in [0.1, 0.15) is 6.07 Å². The van der Waals surface area contributed by atoms with Gasteiger partial charge >= 0.3 is 0 Å². The zero-order valence-electron chi connectivity index (χ0n) is 7.30. The topological polar surface area (TPSA) is 73.4 Å². The Morgan fingerprint density at radius 2 is 2.36 bits per heavy atom. The van der Waals surface area contributed by atoms with E-state index in [2.05, 4.69) is 11.7 Å². The molecule has 1 aromatic carbocycles. The Morgan fingerprint density at radius 3 is 2.86 bits per heavy atom. The number of benzene rings is 1. The molecule has 0 aliphatic carbocycles. The molecule has 0 saturated heterocycles. The smallest absolute Gasteiger partial charge is 0.157 e. The lowest BCUT2D eigenvalue weighted by molar-refractivity contribution is 0.563. The fourth-order valence-corrected chi connectivity index (χ4v) is 1.50. The first-order valence-electron chi connectivity index (χ1n) is 3.74. The van der Waals surface area contributed by atoms with Crippen molar-refractivity contribution in [2.45, 2.75) is 5.75 Å². The van der Waals surface area contributed by atoms with E-state index in [1.165, 1.54) is 0 Å². The Bertz CT molecular complexity index is 423. The summed E-state index contributed by atoms with van der Waals surface area (Å²) in [6, 6.07) is 6.73. The number of nitrogens with zero attached hydrogens (tertiary/aromatic N) is 2. The van der Waals surface area contributed by atoms with Crippen molar-refractivity contribution in [3.05, 3.63) is 29.3 Å². The largest absolute Gasteiger partial charge is 0.306 e. The van der Waals surface area contributed by atoms with E-state index in [-0.39, 0.29) is 5.75 Å². The van der Waals surface area contributed by atoms with Gasteiger partial charge in [-0.25, -0.2) is 4.21 Å². The lowest BCUT2D eigenvalue weighted by atomic mass is 10.1. The Hall–Kier alpha value is -1.51. The molecular formula is C9H8N2O2S. The van der Waals surface area contributed by atoms with Gasteiger partial charge in [0.25, 0.3) is 0 Å². The van der Waals surface area contributed by atoms with Gasteiger partial charge in [-0.3, -0.25) is 4.99 Å². The third-order valence-electron chi connectivity index (χ3n) is 1.64. The first-order valence-corrected chi connectivity index (χ1v) is 5.02. The molecule has 0 radical (unpaired) electrons. The van der Waals surface area contributed by atoms with Crippen LogP contribution in [0, 0.1) is 11.3 Å². The van der Waals surface area contributed by atoms with Crippen LogP contribution in [-0.2, 0) is 16.8 Å². The SMILES string of the molecule is C=Nc1cc(CS(=O)O)ccc1C#N. The molecule has 1 atom stereocenters. The maximum absolute atomic E-state index is 10.5. The monoisotopic (exact) mass is 208 g/mol. The summed E-state index contributed by atoms with van der Waals surface area (Å²) < 4.78 is 19.2. The standard InChI is InChI=1S/C9H8N2O2S/c1-11-9-4-7(6-14(12)13)2-3-8(9)5-10/h2-4H,1,6H2,(H,12,13). The third kappa shape index (κ3) is 2.49. The van der Waals surface area contributed by atoms with E-state index in [4.69, 9.17) is 9.81 Å². The number of rotatable bonds is 3. The van der Waals surface area contributed by atoms with Crippen LogP contribution < -0.4 is 0 Å². The van der Waals surface area contributed by atoms with E-state index in [0.29, 0.717) is 16.8 Å². The second-order valence-electron chi connectivity index (χ2n) is 2.59. The lowest BCUT2D eigenvalue weighted by Gasteiger charge is -2.00. The second-order valence-corrected chi connectivity index (χ2v) is 3.52. The molecule has 0 aromatic heterocycles. The third-order valence-corrected chi connectivity index (χ3v) is 2.22. The zero-order chi connectivity index (χ0) is 10.6. The predicted molar refractivity (Wildman–Crippen MR) is 54.8 cm³/mol. The molecule has 1 aromatic rings. The fourth-order valence-electron chi connectivity index (χ4n) is 1.03. The van der Waals surface area contributed by atoms with Crippen LogP contribution in [0.25, 0.3) is 0 Å². The van der Waals surface area contributed by atoms with Gasteiger partial charge < -0.3 is 4.55 Å². The van der Waals surface area contributed by atoms with E-state index in [9.17, 15) is 4.21 Å². The van der Waals surface area contributed by atoms with E-state index >= 15 is 0 Å². The van der Waals surface area contributed by atoms with Crippen LogP contribution >= 0.6 is 0 Å². The summed E-state index contributed by atoms with van der Waals surface area (Å²) in [6.45, 7) is 3.32. The van der Waals surface area contributed by atoms with Crippen LogP contribution in [-0.4, -0.2) is 15.5 Å². The molecule has 1 N–H and O–H groups in total. The lowest BCUT2D eigenvalue weighted by Crippen LogP contribution is -1.92. The van der Waals surface area contributed by atoms with Crippen LogP contribution in [0.1, 0.15) is 11.1 Å². The van der Waals surface area contributed by atoms with E-state index in [0.717, 1.165) is 0 Å². The summed E-state index contributed by atoms with van der Waals surface area (Å²) in [5.74, 6) is 0.0359. The van der Waals surface area contributed by atoms with Crippen LogP contribution in [0.15, 0.2) is 23.2 Å². The molecule has 0 bridgehead atoms. The number of hydrogen-bond donors (Lipinski definition) is 1. The molecule has 72 valence electrons. The minimum atomic E-state index is -1.88. The molecule has 0 saturated carbocycles. The van der Waals surface area contributed by atoms with Crippen LogP contribution in [0.5, 0.6) is 0 Å². The zero-order valence-corrected chi connectivity index (χ0v) is 8.12. The molecule has 4 nitrogen and oxygen atoms in total. The van der Waals surface area contributed by atoms with Crippen molar-refractivity contribution in [2.75, 3.05) is 0 Å². The van der Waals surface area contributed by atoms with Crippen molar-refractivity contribution < 1.29 is 8.76 Å². The molecule has 5 heteroatoms. The van der Waals surface area contributed by atoms with Crippen molar-refractivity contribution in [1.82, 2.24) is 0 Å². The maximum Gasteiger partial charge on any atom is 0.157 e. The van der Waals surface area contributed by atoms with Crippen LogP contribution in [0.2, 0.25) is 0 Å². The fraction of sp³-hybridized carbons (Fsp3) is 0.111.